The molecule has 0 atom stereocenters. The standard InChI is InChI=1S/C11H20N2O3S/c1-4-5-6-13(3)17(14,15)11-7-10(8-12)16-9(11)2/h7H,4-6,8,12H2,1-3H3. The van der Waals surface area contributed by atoms with Gasteiger partial charge in [-0.1, -0.05) is 13.3 Å². The third-order valence-corrected chi connectivity index (χ3v) is 4.60. The van der Waals surface area contributed by atoms with Crippen LogP contribution in [-0.4, -0.2) is 26.3 Å². The van der Waals surface area contributed by atoms with Crippen molar-refractivity contribution in [3.8, 4) is 0 Å². The summed E-state index contributed by atoms with van der Waals surface area (Å²) in [4.78, 5) is 0.219. The number of unbranched alkanes of at least 4 members (excludes halogenated alkanes) is 1. The molecule has 1 rings (SSSR count). The average Bonchev–Trinajstić information content (AvgIpc) is 2.67. The highest BCUT2D eigenvalue weighted by Gasteiger charge is 2.25. The second kappa shape index (κ2) is 5.66. The number of hydrogen-bond acceptors (Lipinski definition) is 4. The van der Waals surface area contributed by atoms with Gasteiger partial charge in [-0.25, -0.2) is 12.7 Å². The van der Waals surface area contributed by atoms with E-state index >= 15 is 0 Å². The molecule has 0 saturated heterocycles. The van der Waals surface area contributed by atoms with Crippen LogP contribution in [-0.2, 0) is 16.6 Å². The zero-order chi connectivity index (χ0) is 13.1. The maximum absolute atomic E-state index is 12.2. The number of rotatable bonds is 6. The summed E-state index contributed by atoms with van der Waals surface area (Å²) in [6.45, 7) is 4.38. The first-order chi connectivity index (χ1) is 7.93. The van der Waals surface area contributed by atoms with E-state index in [9.17, 15) is 8.42 Å². The van der Waals surface area contributed by atoms with Gasteiger partial charge < -0.3 is 10.2 Å². The van der Waals surface area contributed by atoms with Crippen molar-refractivity contribution >= 4 is 10.0 Å². The van der Waals surface area contributed by atoms with E-state index in [-0.39, 0.29) is 11.4 Å². The lowest BCUT2D eigenvalue weighted by molar-refractivity contribution is 0.451. The minimum atomic E-state index is -3.45. The van der Waals surface area contributed by atoms with Crippen LogP contribution in [0, 0.1) is 6.92 Å². The fraction of sp³-hybridized carbons (Fsp3) is 0.636. The second-order valence-corrected chi connectivity index (χ2v) is 6.03. The van der Waals surface area contributed by atoms with Crippen LogP contribution in [0.25, 0.3) is 0 Å². The van der Waals surface area contributed by atoms with E-state index in [0.717, 1.165) is 12.8 Å². The molecule has 0 amide bonds. The van der Waals surface area contributed by atoms with Gasteiger partial charge in [-0.15, -0.1) is 0 Å². The van der Waals surface area contributed by atoms with Gasteiger partial charge in [0.15, 0.2) is 0 Å². The fourth-order valence-corrected chi connectivity index (χ4v) is 2.94. The zero-order valence-electron chi connectivity index (χ0n) is 10.6. The summed E-state index contributed by atoms with van der Waals surface area (Å²) in [5.41, 5.74) is 5.43. The van der Waals surface area contributed by atoms with Gasteiger partial charge in [-0.3, -0.25) is 0 Å². The monoisotopic (exact) mass is 260 g/mol. The van der Waals surface area contributed by atoms with Crippen molar-refractivity contribution in [2.75, 3.05) is 13.6 Å². The summed E-state index contributed by atoms with van der Waals surface area (Å²) in [7, 11) is -1.86. The van der Waals surface area contributed by atoms with Crippen LogP contribution in [0.5, 0.6) is 0 Å². The molecule has 1 heterocycles. The molecule has 98 valence electrons. The number of furan rings is 1. The molecule has 0 aliphatic rings. The molecule has 0 aliphatic carbocycles. The van der Waals surface area contributed by atoms with E-state index in [4.69, 9.17) is 10.2 Å². The number of sulfonamides is 1. The van der Waals surface area contributed by atoms with Gasteiger partial charge in [0.05, 0.1) is 6.54 Å². The van der Waals surface area contributed by atoms with E-state index in [1.54, 1.807) is 14.0 Å². The Morgan fingerprint density at radius 2 is 2.12 bits per heavy atom. The highest BCUT2D eigenvalue weighted by atomic mass is 32.2. The molecule has 5 nitrogen and oxygen atoms in total. The maximum Gasteiger partial charge on any atom is 0.246 e. The first-order valence-electron chi connectivity index (χ1n) is 5.69. The predicted molar refractivity (Wildman–Crippen MR) is 66.1 cm³/mol. The third-order valence-electron chi connectivity index (χ3n) is 2.64. The number of aryl methyl sites for hydroxylation is 1. The van der Waals surface area contributed by atoms with Crippen LogP contribution < -0.4 is 5.73 Å². The highest BCUT2D eigenvalue weighted by Crippen LogP contribution is 2.22. The Bertz CT molecular complexity index is 465. The highest BCUT2D eigenvalue weighted by molar-refractivity contribution is 7.89. The molecule has 0 radical (unpaired) electrons. The molecule has 0 aliphatic heterocycles. The Labute approximate surface area is 103 Å². The minimum absolute atomic E-state index is 0.203. The molecule has 0 aromatic carbocycles. The number of nitrogens with two attached hydrogens (primary N) is 1. The summed E-state index contributed by atoms with van der Waals surface area (Å²) < 4.78 is 31.1. The first-order valence-corrected chi connectivity index (χ1v) is 7.13. The number of hydrogen-bond donors (Lipinski definition) is 1. The van der Waals surface area contributed by atoms with Crippen molar-refractivity contribution in [3.05, 3.63) is 17.6 Å². The van der Waals surface area contributed by atoms with Gasteiger partial charge in [-0.2, -0.15) is 0 Å². The minimum Gasteiger partial charge on any atom is -0.464 e. The van der Waals surface area contributed by atoms with Crippen molar-refractivity contribution < 1.29 is 12.8 Å². The van der Waals surface area contributed by atoms with Gasteiger partial charge in [0.1, 0.15) is 16.4 Å². The normalized spacial score (nSPS) is 12.3. The maximum atomic E-state index is 12.2. The Hall–Kier alpha value is -0.850. The van der Waals surface area contributed by atoms with E-state index in [0.29, 0.717) is 18.1 Å². The molecule has 2 N–H and O–H groups in total. The zero-order valence-corrected chi connectivity index (χ0v) is 11.4. The summed E-state index contributed by atoms with van der Waals surface area (Å²) >= 11 is 0. The van der Waals surface area contributed by atoms with Gasteiger partial charge in [0, 0.05) is 19.7 Å². The fourth-order valence-electron chi connectivity index (χ4n) is 1.55. The predicted octanol–water partition coefficient (Wildman–Crippen LogP) is 1.47. The summed E-state index contributed by atoms with van der Waals surface area (Å²) in [6.07, 6.45) is 1.80. The lowest BCUT2D eigenvalue weighted by Crippen LogP contribution is -2.28. The summed E-state index contributed by atoms with van der Waals surface area (Å²) in [5, 5.41) is 0. The third kappa shape index (κ3) is 3.08. The van der Waals surface area contributed by atoms with E-state index in [1.165, 1.54) is 10.4 Å². The van der Waals surface area contributed by atoms with Crippen LogP contribution in [0.3, 0.4) is 0 Å². The topological polar surface area (TPSA) is 76.5 Å². The molecule has 0 saturated carbocycles. The van der Waals surface area contributed by atoms with Crippen molar-refractivity contribution in [2.24, 2.45) is 5.73 Å². The van der Waals surface area contributed by atoms with Crippen LogP contribution in [0.2, 0.25) is 0 Å². The molecule has 17 heavy (non-hydrogen) atoms. The Kier molecular flexibility index (Phi) is 4.73. The molecule has 6 heteroatoms. The molecular weight excluding hydrogens is 240 g/mol. The van der Waals surface area contributed by atoms with Gasteiger partial charge in [0.2, 0.25) is 10.0 Å². The van der Waals surface area contributed by atoms with E-state index in [1.807, 2.05) is 6.92 Å². The van der Waals surface area contributed by atoms with Crippen LogP contribution in [0.4, 0.5) is 0 Å². The van der Waals surface area contributed by atoms with Crippen molar-refractivity contribution in [3.63, 3.8) is 0 Å². The quantitative estimate of drug-likeness (QED) is 0.840. The molecule has 0 bridgehead atoms. The van der Waals surface area contributed by atoms with E-state index in [2.05, 4.69) is 0 Å². The van der Waals surface area contributed by atoms with Crippen molar-refractivity contribution in [1.82, 2.24) is 4.31 Å². The van der Waals surface area contributed by atoms with Crippen molar-refractivity contribution in [1.29, 1.82) is 0 Å². The Morgan fingerprint density at radius 1 is 1.47 bits per heavy atom. The largest absolute Gasteiger partial charge is 0.464 e. The molecule has 1 aromatic heterocycles. The smallest absolute Gasteiger partial charge is 0.246 e. The second-order valence-electron chi connectivity index (χ2n) is 4.02. The van der Waals surface area contributed by atoms with Crippen LogP contribution in [0.1, 0.15) is 31.3 Å². The lowest BCUT2D eigenvalue weighted by Gasteiger charge is -2.15. The number of nitrogens with zero attached hydrogens (tertiary/aromatic N) is 1. The Morgan fingerprint density at radius 3 is 2.59 bits per heavy atom. The molecule has 0 spiro atoms. The Balaban J connectivity index is 2.99. The molecular formula is C11H20N2O3S. The SMILES string of the molecule is CCCCN(C)S(=O)(=O)c1cc(CN)oc1C. The first kappa shape index (κ1) is 14.2. The van der Waals surface area contributed by atoms with Crippen LogP contribution >= 0.6 is 0 Å². The summed E-state index contributed by atoms with van der Waals surface area (Å²) in [6, 6.07) is 1.51. The molecule has 0 unspecified atom stereocenters. The average molecular weight is 260 g/mol. The lowest BCUT2D eigenvalue weighted by atomic mass is 10.3. The van der Waals surface area contributed by atoms with Crippen LogP contribution in [0.15, 0.2) is 15.4 Å². The van der Waals surface area contributed by atoms with E-state index < -0.39 is 10.0 Å². The van der Waals surface area contributed by atoms with Gasteiger partial charge in [0.25, 0.3) is 0 Å². The van der Waals surface area contributed by atoms with Gasteiger partial charge >= 0.3 is 0 Å². The summed E-state index contributed by atoms with van der Waals surface area (Å²) in [5.74, 6) is 0.888. The molecule has 1 aromatic rings. The van der Waals surface area contributed by atoms with Gasteiger partial charge in [-0.05, 0) is 13.3 Å². The van der Waals surface area contributed by atoms with Crippen molar-refractivity contribution in [2.45, 2.75) is 38.1 Å². The molecule has 0 fully saturated rings.